The molecule has 0 amide bonds. The van der Waals surface area contributed by atoms with E-state index in [0.29, 0.717) is 6.61 Å². The highest BCUT2D eigenvalue weighted by Crippen LogP contribution is 2.18. The maximum absolute atomic E-state index is 6.07. The Morgan fingerprint density at radius 1 is 1.28 bits per heavy atom. The average Bonchev–Trinajstić information content (AvgIpc) is 2.39. The number of aromatic nitrogens is 1. The monoisotopic (exact) mass is 262 g/mol. The van der Waals surface area contributed by atoms with Crippen LogP contribution >= 0.6 is 11.6 Å². The second kappa shape index (κ2) is 6.38. The van der Waals surface area contributed by atoms with Crippen molar-refractivity contribution in [3.63, 3.8) is 0 Å². The summed E-state index contributed by atoms with van der Waals surface area (Å²) in [4.78, 5) is 4.23. The van der Waals surface area contributed by atoms with Gasteiger partial charge in [0.05, 0.1) is 5.69 Å². The first-order chi connectivity index (χ1) is 8.79. The third-order valence-electron chi connectivity index (χ3n) is 2.50. The number of benzene rings is 1. The van der Waals surface area contributed by atoms with Gasteiger partial charge < -0.3 is 10.1 Å². The van der Waals surface area contributed by atoms with Crippen LogP contribution in [0.4, 0.5) is 0 Å². The molecule has 0 saturated carbocycles. The summed E-state index contributed by atoms with van der Waals surface area (Å²) >= 11 is 6.07. The molecule has 1 N–H and O–H groups in total. The summed E-state index contributed by atoms with van der Waals surface area (Å²) in [5.41, 5.74) is 1.93. The molecule has 4 heteroatoms. The second-order valence-electron chi connectivity index (χ2n) is 3.89. The zero-order valence-corrected chi connectivity index (χ0v) is 10.9. The van der Waals surface area contributed by atoms with Crippen molar-refractivity contribution in [2.24, 2.45) is 0 Å². The van der Waals surface area contributed by atoms with Crippen LogP contribution in [0.3, 0.4) is 0 Å². The number of nitrogens with zero attached hydrogens (tertiary/aromatic N) is 1. The van der Waals surface area contributed by atoms with Crippen molar-refractivity contribution in [2.75, 3.05) is 7.05 Å². The predicted octanol–water partition coefficient (Wildman–Crippen LogP) is 3.03. The Bertz CT molecular complexity index is 517. The van der Waals surface area contributed by atoms with Gasteiger partial charge in [0.2, 0.25) is 0 Å². The molecule has 0 bridgehead atoms. The standard InChI is InChI=1S/C14H15ClN2O/c1-16-9-12-8-13(6-7-17-12)18-10-11-4-2-3-5-14(11)15/h2-8,16H,9-10H2,1H3. The van der Waals surface area contributed by atoms with Crippen LogP contribution in [-0.4, -0.2) is 12.0 Å². The van der Waals surface area contributed by atoms with Crippen LogP contribution in [0.25, 0.3) is 0 Å². The number of nitrogens with one attached hydrogen (secondary N) is 1. The van der Waals surface area contributed by atoms with Gasteiger partial charge in [-0.15, -0.1) is 0 Å². The van der Waals surface area contributed by atoms with Crippen LogP contribution in [0, 0.1) is 0 Å². The number of halogens is 1. The Labute approximate surface area is 112 Å². The van der Waals surface area contributed by atoms with Crippen LogP contribution in [-0.2, 0) is 13.2 Å². The first-order valence-corrected chi connectivity index (χ1v) is 6.13. The van der Waals surface area contributed by atoms with E-state index in [1.54, 1.807) is 6.20 Å². The first-order valence-electron chi connectivity index (χ1n) is 5.75. The lowest BCUT2D eigenvalue weighted by Crippen LogP contribution is -2.07. The molecule has 94 valence electrons. The van der Waals surface area contributed by atoms with Gasteiger partial charge in [-0.05, 0) is 19.2 Å². The van der Waals surface area contributed by atoms with E-state index in [4.69, 9.17) is 16.3 Å². The molecular formula is C14H15ClN2O. The van der Waals surface area contributed by atoms with E-state index in [-0.39, 0.29) is 0 Å². The highest BCUT2D eigenvalue weighted by molar-refractivity contribution is 6.31. The maximum atomic E-state index is 6.07. The van der Waals surface area contributed by atoms with Crippen molar-refractivity contribution in [2.45, 2.75) is 13.2 Å². The normalized spacial score (nSPS) is 10.3. The molecule has 0 spiro atoms. The molecule has 2 aromatic rings. The zero-order valence-electron chi connectivity index (χ0n) is 10.2. The number of pyridine rings is 1. The molecule has 0 aliphatic rings. The smallest absolute Gasteiger partial charge is 0.123 e. The molecule has 0 aliphatic carbocycles. The van der Waals surface area contributed by atoms with Gasteiger partial charge in [-0.25, -0.2) is 0 Å². The number of hydrogen-bond acceptors (Lipinski definition) is 3. The lowest BCUT2D eigenvalue weighted by atomic mass is 10.2. The Morgan fingerprint density at radius 2 is 2.11 bits per heavy atom. The van der Waals surface area contributed by atoms with Crippen molar-refractivity contribution < 1.29 is 4.74 Å². The summed E-state index contributed by atoms with van der Waals surface area (Å²) in [5.74, 6) is 0.801. The predicted molar refractivity (Wildman–Crippen MR) is 72.8 cm³/mol. The van der Waals surface area contributed by atoms with Gasteiger partial charge in [0.15, 0.2) is 0 Å². The molecule has 0 atom stereocenters. The zero-order chi connectivity index (χ0) is 12.8. The third-order valence-corrected chi connectivity index (χ3v) is 2.87. The SMILES string of the molecule is CNCc1cc(OCc2ccccc2Cl)ccn1. The maximum Gasteiger partial charge on any atom is 0.123 e. The van der Waals surface area contributed by atoms with E-state index in [2.05, 4.69) is 10.3 Å². The minimum atomic E-state index is 0.461. The van der Waals surface area contributed by atoms with Crippen LogP contribution in [0.1, 0.15) is 11.3 Å². The van der Waals surface area contributed by atoms with E-state index < -0.39 is 0 Å². The molecule has 0 aliphatic heterocycles. The fraction of sp³-hybridized carbons (Fsp3) is 0.214. The Balaban J connectivity index is 2.02. The minimum absolute atomic E-state index is 0.461. The quantitative estimate of drug-likeness (QED) is 0.899. The molecule has 1 aromatic carbocycles. The Kier molecular flexibility index (Phi) is 4.56. The van der Waals surface area contributed by atoms with Crippen molar-refractivity contribution in [1.82, 2.24) is 10.3 Å². The highest BCUT2D eigenvalue weighted by Gasteiger charge is 2.01. The fourth-order valence-corrected chi connectivity index (χ4v) is 1.79. The molecule has 0 fully saturated rings. The molecule has 1 aromatic heterocycles. The van der Waals surface area contributed by atoms with Gasteiger partial charge >= 0.3 is 0 Å². The summed E-state index contributed by atoms with van der Waals surface area (Å²) in [6.07, 6.45) is 1.74. The van der Waals surface area contributed by atoms with E-state index >= 15 is 0 Å². The average molecular weight is 263 g/mol. The van der Waals surface area contributed by atoms with Gasteiger partial charge in [-0.2, -0.15) is 0 Å². The van der Waals surface area contributed by atoms with Gasteiger partial charge in [0, 0.05) is 29.4 Å². The van der Waals surface area contributed by atoms with E-state index in [9.17, 15) is 0 Å². The van der Waals surface area contributed by atoms with Crippen LogP contribution in [0.5, 0.6) is 5.75 Å². The van der Waals surface area contributed by atoms with Crippen LogP contribution in [0.15, 0.2) is 42.6 Å². The van der Waals surface area contributed by atoms with Crippen LogP contribution in [0.2, 0.25) is 5.02 Å². The summed E-state index contributed by atoms with van der Waals surface area (Å²) in [5, 5.41) is 3.78. The van der Waals surface area contributed by atoms with E-state index in [0.717, 1.165) is 28.6 Å². The van der Waals surface area contributed by atoms with Gasteiger partial charge in [0.25, 0.3) is 0 Å². The topological polar surface area (TPSA) is 34.1 Å². The van der Waals surface area contributed by atoms with Crippen molar-refractivity contribution in [3.8, 4) is 5.75 Å². The van der Waals surface area contributed by atoms with E-state index in [1.807, 2.05) is 43.4 Å². The van der Waals surface area contributed by atoms with Gasteiger partial charge in [-0.3, -0.25) is 4.98 Å². The Hall–Kier alpha value is -1.58. The molecule has 3 nitrogen and oxygen atoms in total. The molecule has 0 unspecified atom stereocenters. The van der Waals surface area contributed by atoms with Crippen molar-refractivity contribution in [1.29, 1.82) is 0 Å². The minimum Gasteiger partial charge on any atom is -0.489 e. The molecule has 2 rings (SSSR count). The van der Waals surface area contributed by atoms with Gasteiger partial charge in [-0.1, -0.05) is 29.8 Å². The van der Waals surface area contributed by atoms with E-state index in [1.165, 1.54) is 0 Å². The number of hydrogen-bond donors (Lipinski definition) is 1. The second-order valence-corrected chi connectivity index (χ2v) is 4.30. The Morgan fingerprint density at radius 3 is 2.89 bits per heavy atom. The summed E-state index contributed by atoms with van der Waals surface area (Å²) in [6.45, 7) is 1.19. The first kappa shape index (κ1) is 12.9. The van der Waals surface area contributed by atoms with Crippen molar-refractivity contribution in [3.05, 3.63) is 58.9 Å². The molecule has 1 heterocycles. The largest absolute Gasteiger partial charge is 0.489 e. The summed E-state index contributed by atoms with van der Waals surface area (Å²) < 4.78 is 5.71. The molecule has 0 radical (unpaired) electrons. The summed E-state index contributed by atoms with van der Waals surface area (Å²) in [6, 6.07) is 11.4. The summed E-state index contributed by atoms with van der Waals surface area (Å²) in [7, 11) is 1.89. The number of rotatable bonds is 5. The highest BCUT2D eigenvalue weighted by atomic mass is 35.5. The van der Waals surface area contributed by atoms with Crippen molar-refractivity contribution >= 4 is 11.6 Å². The van der Waals surface area contributed by atoms with Gasteiger partial charge in [0.1, 0.15) is 12.4 Å². The van der Waals surface area contributed by atoms with Crippen LogP contribution < -0.4 is 10.1 Å². The molecular weight excluding hydrogens is 248 g/mol. The molecule has 18 heavy (non-hydrogen) atoms. The lowest BCUT2D eigenvalue weighted by molar-refractivity contribution is 0.305. The molecule has 0 saturated heterocycles. The fourth-order valence-electron chi connectivity index (χ4n) is 1.60. The third kappa shape index (κ3) is 3.45. The lowest BCUT2D eigenvalue weighted by Gasteiger charge is -2.08. The number of ether oxygens (including phenoxy) is 1.